The van der Waals surface area contributed by atoms with E-state index in [1.54, 1.807) is 12.2 Å². The van der Waals surface area contributed by atoms with Gasteiger partial charge in [-0.25, -0.2) is 4.79 Å². The van der Waals surface area contributed by atoms with Crippen molar-refractivity contribution in [2.75, 3.05) is 7.05 Å². The van der Waals surface area contributed by atoms with Crippen molar-refractivity contribution in [3.05, 3.63) is 12.2 Å². The molecule has 1 rings (SSSR count). The van der Waals surface area contributed by atoms with E-state index in [0.717, 1.165) is 6.42 Å². The quantitative estimate of drug-likeness (QED) is 0.702. The Morgan fingerprint density at radius 2 is 2.19 bits per heavy atom. The highest BCUT2D eigenvalue weighted by molar-refractivity contribution is 5.70. The minimum absolute atomic E-state index is 0.241. The van der Waals surface area contributed by atoms with Crippen LogP contribution >= 0.6 is 0 Å². The fourth-order valence-electron chi connectivity index (χ4n) is 1.69. The van der Waals surface area contributed by atoms with Crippen molar-refractivity contribution < 1.29 is 19.4 Å². The normalized spacial score (nSPS) is 27.3. The molecule has 0 spiro atoms. The lowest BCUT2D eigenvalue weighted by atomic mass is 9.94. The Hall–Kier alpha value is -1.52. The Bertz CT molecular complexity index is 288. The number of aliphatic carboxylic acids is 1. The largest absolute Gasteiger partial charge is 0.481 e. The summed E-state index contributed by atoms with van der Waals surface area (Å²) in [6, 6.07) is 0. The minimum Gasteiger partial charge on any atom is -0.481 e. The summed E-state index contributed by atoms with van der Waals surface area (Å²) < 4.78 is 5.09. The summed E-state index contributed by atoms with van der Waals surface area (Å²) in [5, 5.41) is 11.3. The molecule has 0 aromatic heterocycles. The first-order chi connectivity index (χ1) is 7.63. The van der Waals surface area contributed by atoms with Crippen molar-refractivity contribution in [1.82, 2.24) is 5.32 Å². The van der Waals surface area contributed by atoms with Gasteiger partial charge >= 0.3 is 12.1 Å². The zero-order valence-corrected chi connectivity index (χ0v) is 9.31. The van der Waals surface area contributed by atoms with Crippen LogP contribution in [0.15, 0.2) is 12.2 Å². The molecule has 0 aliphatic heterocycles. The number of carboxylic acid groups (broad SMARTS) is 1. The fourth-order valence-corrected chi connectivity index (χ4v) is 1.69. The highest BCUT2D eigenvalue weighted by Gasteiger charge is 2.19. The minimum atomic E-state index is -0.754. The average molecular weight is 227 g/mol. The predicted molar refractivity (Wildman–Crippen MR) is 58.1 cm³/mol. The van der Waals surface area contributed by atoms with E-state index in [9.17, 15) is 9.59 Å². The lowest BCUT2D eigenvalue weighted by Gasteiger charge is -2.18. The third-order valence-corrected chi connectivity index (χ3v) is 2.62. The van der Waals surface area contributed by atoms with E-state index in [-0.39, 0.29) is 12.0 Å². The highest BCUT2D eigenvalue weighted by Crippen LogP contribution is 2.20. The van der Waals surface area contributed by atoms with Gasteiger partial charge in [-0.1, -0.05) is 6.08 Å². The molecule has 0 fully saturated rings. The molecule has 0 heterocycles. The van der Waals surface area contributed by atoms with Crippen LogP contribution in [0.4, 0.5) is 4.79 Å². The molecule has 16 heavy (non-hydrogen) atoms. The summed E-state index contributed by atoms with van der Waals surface area (Å²) in [6.07, 6.45) is 5.42. The molecular weight excluding hydrogens is 210 g/mol. The second-order valence-corrected chi connectivity index (χ2v) is 3.82. The van der Waals surface area contributed by atoms with E-state index in [1.807, 2.05) is 0 Å². The van der Waals surface area contributed by atoms with Crippen LogP contribution in [0, 0.1) is 5.92 Å². The Balaban J connectivity index is 2.48. The second-order valence-electron chi connectivity index (χ2n) is 3.82. The number of amides is 1. The Morgan fingerprint density at radius 3 is 2.81 bits per heavy atom. The number of allylic oxidation sites excluding steroid dienone is 1. The first kappa shape index (κ1) is 12.5. The SMILES string of the molecule is CNC(=O)OC1/C=C/CC(C(=O)O)CCC1. The average Bonchev–Trinajstić information content (AvgIpc) is 2.21. The summed E-state index contributed by atoms with van der Waals surface area (Å²) in [7, 11) is 1.51. The lowest BCUT2D eigenvalue weighted by Crippen LogP contribution is -2.26. The van der Waals surface area contributed by atoms with Gasteiger partial charge in [0.15, 0.2) is 0 Å². The molecule has 2 N–H and O–H groups in total. The van der Waals surface area contributed by atoms with Crippen molar-refractivity contribution in [3.8, 4) is 0 Å². The number of carbonyl (C=O) groups is 2. The summed E-state index contributed by atoms with van der Waals surface area (Å²) in [4.78, 5) is 21.8. The van der Waals surface area contributed by atoms with Crippen LogP contribution in [0.25, 0.3) is 0 Å². The van der Waals surface area contributed by atoms with E-state index in [1.165, 1.54) is 7.05 Å². The van der Waals surface area contributed by atoms with Crippen LogP contribution < -0.4 is 5.32 Å². The number of hydrogen-bond acceptors (Lipinski definition) is 3. The van der Waals surface area contributed by atoms with Crippen LogP contribution in [0.1, 0.15) is 25.7 Å². The number of ether oxygens (including phenoxy) is 1. The van der Waals surface area contributed by atoms with Crippen molar-refractivity contribution >= 4 is 12.1 Å². The highest BCUT2D eigenvalue weighted by atomic mass is 16.6. The summed E-state index contributed by atoms with van der Waals surface area (Å²) in [5.74, 6) is -1.06. The molecule has 1 amide bonds. The van der Waals surface area contributed by atoms with Crippen LogP contribution in [-0.2, 0) is 9.53 Å². The summed E-state index contributed by atoms with van der Waals surface area (Å²) >= 11 is 0. The van der Waals surface area contributed by atoms with Gasteiger partial charge in [-0.05, 0) is 31.8 Å². The second kappa shape index (κ2) is 6.15. The zero-order valence-electron chi connectivity index (χ0n) is 9.31. The van der Waals surface area contributed by atoms with Crippen molar-refractivity contribution in [1.29, 1.82) is 0 Å². The molecule has 5 nitrogen and oxygen atoms in total. The molecule has 1 aliphatic rings. The number of hydrogen-bond donors (Lipinski definition) is 2. The molecule has 90 valence electrons. The van der Waals surface area contributed by atoms with Gasteiger partial charge in [0.05, 0.1) is 5.92 Å². The van der Waals surface area contributed by atoms with E-state index >= 15 is 0 Å². The van der Waals surface area contributed by atoms with Crippen LogP contribution in [0.5, 0.6) is 0 Å². The third-order valence-electron chi connectivity index (χ3n) is 2.62. The van der Waals surface area contributed by atoms with E-state index < -0.39 is 12.1 Å². The Kier molecular flexibility index (Phi) is 4.82. The Morgan fingerprint density at radius 1 is 1.44 bits per heavy atom. The molecule has 2 unspecified atom stereocenters. The topological polar surface area (TPSA) is 75.6 Å². The lowest BCUT2D eigenvalue weighted by molar-refractivity contribution is -0.142. The van der Waals surface area contributed by atoms with E-state index in [2.05, 4.69) is 5.32 Å². The number of rotatable bonds is 2. The zero-order chi connectivity index (χ0) is 12.0. The molecule has 0 aromatic rings. The van der Waals surface area contributed by atoms with Crippen molar-refractivity contribution in [2.45, 2.75) is 31.8 Å². The number of nitrogens with one attached hydrogen (secondary N) is 1. The van der Waals surface area contributed by atoms with Crippen LogP contribution in [-0.4, -0.2) is 30.3 Å². The smallest absolute Gasteiger partial charge is 0.407 e. The van der Waals surface area contributed by atoms with E-state index in [0.29, 0.717) is 19.3 Å². The maximum atomic E-state index is 11.0. The van der Waals surface area contributed by atoms with Gasteiger partial charge in [0, 0.05) is 7.05 Å². The van der Waals surface area contributed by atoms with Crippen LogP contribution in [0.2, 0.25) is 0 Å². The fraction of sp³-hybridized carbons (Fsp3) is 0.636. The third kappa shape index (κ3) is 3.92. The number of alkyl carbamates (subject to hydrolysis) is 1. The van der Waals surface area contributed by atoms with Gasteiger partial charge in [0.25, 0.3) is 0 Å². The first-order valence-electron chi connectivity index (χ1n) is 5.41. The maximum absolute atomic E-state index is 11.0. The molecule has 2 atom stereocenters. The predicted octanol–water partition coefficient (Wildman–Crippen LogP) is 1.54. The van der Waals surface area contributed by atoms with Gasteiger partial charge in [0.1, 0.15) is 6.10 Å². The number of carboxylic acids is 1. The first-order valence-corrected chi connectivity index (χ1v) is 5.41. The van der Waals surface area contributed by atoms with Gasteiger partial charge in [0.2, 0.25) is 0 Å². The summed E-state index contributed by atoms with van der Waals surface area (Å²) in [5.41, 5.74) is 0. The molecule has 1 aliphatic carbocycles. The number of carbonyl (C=O) groups excluding carboxylic acids is 1. The maximum Gasteiger partial charge on any atom is 0.407 e. The molecule has 0 bridgehead atoms. The van der Waals surface area contributed by atoms with Gasteiger partial charge in [-0.2, -0.15) is 0 Å². The summed E-state index contributed by atoms with van der Waals surface area (Å²) in [6.45, 7) is 0. The molecular formula is C11H17NO4. The van der Waals surface area contributed by atoms with Gasteiger partial charge < -0.3 is 15.2 Å². The van der Waals surface area contributed by atoms with Gasteiger partial charge in [-0.3, -0.25) is 4.79 Å². The van der Waals surface area contributed by atoms with E-state index in [4.69, 9.17) is 9.84 Å². The molecule has 0 radical (unpaired) electrons. The van der Waals surface area contributed by atoms with Crippen LogP contribution in [0.3, 0.4) is 0 Å². The molecule has 0 aromatic carbocycles. The Labute approximate surface area is 94.5 Å². The molecule has 0 saturated carbocycles. The van der Waals surface area contributed by atoms with Crippen molar-refractivity contribution in [2.24, 2.45) is 5.92 Å². The molecule has 5 heteroatoms. The van der Waals surface area contributed by atoms with Crippen molar-refractivity contribution in [3.63, 3.8) is 0 Å². The molecule has 0 saturated heterocycles. The monoisotopic (exact) mass is 227 g/mol. The van der Waals surface area contributed by atoms with Gasteiger partial charge in [-0.15, -0.1) is 0 Å². The standard InChI is InChI=1S/C11H17NO4/c1-12-11(15)16-9-6-2-4-8(10(13)14)5-3-7-9/h2,6,8-9H,3-5,7H2,1H3,(H,12,15)(H,13,14)/b6-2+.